The zero-order chi connectivity index (χ0) is 33.3. The number of halogens is 1. The molecule has 0 fully saturated rings. The summed E-state index contributed by atoms with van der Waals surface area (Å²) < 4.78 is 43.2. The van der Waals surface area contributed by atoms with Crippen LogP contribution in [0, 0.1) is 5.82 Å². The molecular weight excluding hydrogens is 601 g/mol. The number of anilines is 1. The zero-order valence-corrected chi connectivity index (χ0v) is 27.6. The predicted octanol–water partition coefficient (Wildman–Crippen LogP) is 6.70. The summed E-state index contributed by atoms with van der Waals surface area (Å²) in [6.45, 7) is 7.34. The summed E-state index contributed by atoms with van der Waals surface area (Å²) in [6.07, 6.45) is 0.885. The van der Waals surface area contributed by atoms with Crippen LogP contribution in [0.15, 0.2) is 114 Å². The van der Waals surface area contributed by atoms with Crippen LogP contribution in [0.2, 0.25) is 0 Å². The summed E-state index contributed by atoms with van der Waals surface area (Å²) in [5.74, 6) is -1.13. The fourth-order valence-electron chi connectivity index (χ4n) is 5.06. The first-order chi connectivity index (χ1) is 22.0. The minimum absolute atomic E-state index is 0.0317. The second-order valence-corrected chi connectivity index (χ2v) is 13.6. The predicted molar refractivity (Wildman–Crippen MR) is 180 cm³/mol. The van der Waals surface area contributed by atoms with E-state index in [1.807, 2.05) is 70.2 Å². The Morgan fingerprint density at radius 3 is 1.93 bits per heavy atom. The molecule has 9 heteroatoms. The summed E-state index contributed by atoms with van der Waals surface area (Å²) >= 11 is 0. The van der Waals surface area contributed by atoms with Crippen molar-refractivity contribution in [2.24, 2.45) is 0 Å². The molecule has 4 rings (SSSR count). The van der Waals surface area contributed by atoms with E-state index in [0.717, 1.165) is 15.4 Å². The first-order valence-corrected chi connectivity index (χ1v) is 17.0. The lowest BCUT2D eigenvalue weighted by atomic mass is 10.0. The van der Waals surface area contributed by atoms with Crippen LogP contribution in [0.5, 0.6) is 0 Å². The highest BCUT2D eigenvalue weighted by molar-refractivity contribution is 7.92. The Hall–Kier alpha value is -4.50. The number of benzene rings is 4. The van der Waals surface area contributed by atoms with Gasteiger partial charge in [-0.3, -0.25) is 13.9 Å². The highest BCUT2D eigenvalue weighted by atomic mass is 32.2. The van der Waals surface area contributed by atoms with Gasteiger partial charge in [-0.25, -0.2) is 12.8 Å². The van der Waals surface area contributed by atoms with Crippen LogP contribution < -0.4 is 9.62 Å². The van der Waals surface area contributed by atoms with Gasteiger partial charge in [-0.05, 0) is 72.4 Å². The van der Waals surface area contributed by atoms with Crippen LogP contribution in [0.3, 0.4) is 0 Å². The normalized spacial score (nSPS) is 12.7. The summed E-state index contributed by atoms with van der Waals surface area (Å²) in [6, 6.07) is 29.0. The Labute approximate surface area is 272 Å². The lowest BCUT2D eigenvalue weighted by molar-refractivity contribution is -0.140. The molecule has 46 heavy (non-hydrogen) atoms. The van der Waals surface area contributed by atoms with Gasteiger partial charge in [0, 0.05) is 19.0 Å². The molecule has 4 aromatic carbocycles. The molecule has 0 heterocycles. The third-order valence-corrected chi connectivity index (χ3v) is 9.78. The number of carbonyl (C=O) groups is 2. The van der Waals surface area contributed by atoms with E-state index in [1.54, 1.807) is 42.5 Å². The van der Waals surface area contributed by atoms with E-state index in [1.165, 1.54) is 29.2 Å². The quantitative estimate of drug-likeness (QED) is 0.166. The standard InChI is InChI=1S/C37H42FN3O4S/c1-5-28(4)39-37(43)35(24-29-12-8-6-9-13-29)40(25-30-16-20-32(38)21-17-30)36(42)26-41(33-22-18-31(19-23-33)27(2)3)46(44,45)34-14-10-7-11-15-34/h6-23,27-28,35H,5,24-26H2,1-4H3,(H,39,43)/t28-,35+/m0/s1. The minimum atomic E-state index is -4.19. The van der Waals surface area contributed by atoms with Crippen LogP contribution in [0.4, 0.5) is 10.1 Å². The third-order valence-electron chi connectivity index (χ3n) is 8.00. The second-order valence-electron chi connectivity index (χ2n) is 11.7. The van der Waals surface area contributed by atoms with Crippen molar-refractivity contribution in [1.82, 2.24) is 10.2 Å². The van der Waals surface area contributed by atoms with Gasteiger partial charge < -0.3 is 10.2 Å². The number of hydrogen-bond donors (Lipinski definition) is 1. The Balaban J connectivity index is 1.80. The number of hydrogen-bond acceptors (Lipinski definition) is 4. The van der Waals surface area contributed by atoms with E-state index in [9.17, 15) is 22.4 Å². The van der Waals surface area contributed by atoms with Crippen molar-refractivity contribution in [3.05, 3.63) is 132 Å². The molecule has 0 aliphatic rings. The molecule has 0 unspecified atom stereocenters. The van der Waals surface area contributed by atoms with Gasteiger partial charge in [0.2, 0.25) is 11.8 Å². The molecule has 7 nitrogen and oxygen atoms in total. The first-order valence-electron chi connectivity index (χ1n) is 15.6. The topological polar surface area (TPSA) is 86.8 Å². The van der Waals surface area contributed by atoms with Crippen LogP contribution >= 0.6 is 0 Å². The fourth-order valence-corrected chi connectivity index (χ4v) is 6.49. The molecule has 0 saturated carbocycles. The highest BCUT2D eigenvalue weighted by Crippen LogP contribution is 2.27. The number of carbonyl (C=O) groups excluding carboxylic acids is 2. The van der Waals surface area contributed by atoms with Crippen LogP contribution in [-0.2, 0) is 32.6 Å². The number of sulfonamides is 1. The van der Waals surface area contributed by atoms with Gasteiger partial charge in [0.25, 0.3) is 10.0 Å². The van der Waals surface area contributed by atoms with Crippen molar-refractivity contribution in [3.63, 3.8) is 0 Å². The Bertz CT molecular complexity index is 1680. The molecule has 0 aliphatic carbocycles. The van der Waals surface area contributed by atoms with Crippen LogP contribution in [0.1, 0.15) is 56.7 Å². The lowest BCUT2D eigenvalue weighted by Gasteiger charge is -2.34. The van der Waals surface area contributed by atoms with E-state index in [2.05, 4.69) is 5.32 Å². The summed E-state index contributed by atoms with van der Waals surface area (Å²) in [5, 5.41) is 3.01. The lowest BCUT2D eigenvalue weighted by Crippen LogP contribution is -2.54. The molecule has 1 N–H and O–H groups in total. The highest BCUT2D eigenvalue weighted by Gasteiger charge is 2.35. The molecule has 242 valence electrons. The van der Waals surface area contributed by atoms with Crippen molar-refractivity contribution in [3.8, 4) is 0 Å². The molecule has 0 radical (unpaired) electrons. The number of nitrogens with one attached hydrogen (secondary N) is 1. The van der Waals surface area contributed by atoms with Crippen molar-refractivity contribution < 1.29 is 22.4 Å². The van der Waals surface area contributed by atoms with Gasteiger partial charge in [0.15, 0.2) is 0 Å². The van der Waals surface area contributed by atoms with E-state index >= 15 is 0 Å². The van der Waals surface area contributed by atoms with Gasteiger partial charge in [-0.2, -0.15) is 0 Å². The molecule has 0 saturated heterocycles. The molecule has 2 atom stereocenters. The van der Waals surface area contributed by atoms with E-state index < -0.39 is 34.3 Å². The summed E-state index contributed by atoms with van der Waals surface area (Å²) in [5.41, 5.74) is 2.78. The van der Waals surface area contributed by atoms with Crippen molar-refractivity contribution >= 4 is 27.5 Å². The summed E-state index contributed by atoms with van der Waals surface area (Å²) in [7, 11) is -4.19. The number of amides is 2. The maximum atomic E-state index is 14.5. The van der Waals surface area contributed by atoms with Gasteiger partial charge in [-0.15, -0.1) is 0 Å². The van der Waals surface area contributed by atoms with Gasteiger partial charge in [0.1, 0.15) is 18.4 Å². The largest absolute Gasteiger partial charge is 0.352 e. The monoisotopic (exact) mass is 643 g/mol. The average Bonchev–Trinajstić information content (AvgIpc) is 3.06. The average molecular weight is 644 g/mol. The van der Waals surface area contributed by atoms with E-state index in [4.69, 9.17) is 0 Å². The Morgan fingerprint density at radius 1 is 0.783 bits per heavy atom. The second kappa shape index (κ2) is 15.7. The Morgan fingerprint density at radius 2 is 1.37 bits per heavy atom. The smallest absolute Gasteiger partial charge is 0.264 e. The maximum absolute atomic E-state index is 14.5. The van der Waals surface area contributed by atoms with Crippen molar-refractivity contribution in [2.75, 3.05) is 10.8 Å². The molecule has 0 bridgehead atoms. The number of nitrogens with zero attached hydrogens (tertiary/aromatic N) is 2. The van der Waals surface area contributed by atoms with Crippen LogP contribution in [0.25, 0.3) is 0 Å². The molecule has 0 aliphatic heterocycles. The first kappa shape index (κ1) is 34.4. The molecular formula is C37H42FN3O4S. The van der Waals surface area contributed by atoms with Crippen LogP contribution in [-0.4, -0.2) is 43.8 Å². The molecule has 4 aromatic rings. The van der Waals surface area contributed by atoms with E-state index in [0.29, 0.717) is 17.7 Å². The van der Waals surface area contributed by atoms with Gasteiger partial charge in [0.05, 0.1) is 10.6 Å². The third kappa shape index (κ3) is 8.81. The van der Waals surface area contributed by atoms with Gasteiger partial charge in [-0.1, -0.05) is 93.6 Å². The molecule has 0 aromatic heterocycles. The van der Waals surface area contributed by atoms with Crippen molar-refractivity contribution in [2.45, 2.75) is 70.0 Å². The number of rotatable bonds is 14. The maximum Gasteiger partial charge on any atom is 0.264 e. The van der Waals surface area contributed by atoms with Gasteiger partial charge >= 0.3 is 0 Å². The van der Waals surface area contributed by atoms with Crippen molar-refractivity contribution in [1.29, 1.82) is 0 Å². The zero-order valence-electron chi connectivity index (χ0n) is 26.8. The molecule has 2 amide bonds. The molecule has 0 spiro atoms. The SMILES string of the molecule is CC[C@H](C)NC(=O)[C@@H](Cc1ccccc1)N(Cc1ccc(F)cc1)C(=O)CN(c1ccc(C(C)C)cc1)S(=O)(=O)c1ccccc1. The summed E-state index contributed by atoms with van der Waals surface area (Å²) in [4.78, 5) is 29.8. The van der Waals surface area contributed by atoms with E-state index in [-0.39, 0.29) is 35.7 Å². The fraction of sp³-hybridized carbons (Fsp3) is 0.297. The Kier molecular flexibility index (Phi) is 11.7. The minimum Gasteiger partial charge on any atom is -0.352 e.